The van der Waals surface area contributed by atoms with E-state index in [-0.39, 0.29) is 0 Å². The van der Waals surface area contributed by atoms with E-state index >= 15 is 0 Å². The van der Waals surface area contributed by atoms with Gasteiger partial charge in [0.15, 0.2) is 0 Å². The second-order valence-corrected chi connectivity index (χ2v) is 6.79. The molecule has 0 fully saturated rings. The zero-order valence-electron chi connectivity index (χ0n) is 9.37. The van der Waals surface area contributed by atoms with Crippen LogP contribution in [0.25, 0.3) is 0 Å². The molecule has 1 heteroatoms. The zero-order chi connectivity index (χ0) is 10.7. The molecule has 78 valence electrons. The van der Waals surface area contributed by atoms with Crippen molar-refractivity contribution in [2.24, 2.45) is 0 Å². The average molecular weight is 278 g/mol. The van der Waals surface area contributed by atoms with Gasteiger partial charge in [-0.3, -0.25) is 0 Å². The van der Waals surface area contributed by atoms with E-state index < -0.39 is 0 Å². The summed E-state index contributed by atoms with van der Waals surface area (Å²) in [7, 11) is 0. The summed E-state index contributed by atoms with van der Waals surface area (Å²) in [5, 5.41) is 0. The topological polar surface area (TPSA) is 0 Å². The van der Waals surface area contributed by atoms with Crippen LogP contribution in [0.3, 0.4) is 0 Å². The molecular weight excluding hydrogens is 259 g/mol. The van der Waals surface area contributed by atoms with Crippen LogP contribution in [0, 0.1) is 0 Å². The molecule has 0 aliphatic heterocycles. The van der Waals surface area contributed by atoms with Crippen molar-refractivity contribution in [3.8, 4) is 0 Å². The van der Waals surface area contributed by atoms with Crippen LogP contribution in [0.2, 0.25) is 3.12 Å². The van der Waals surface area contributed by atoms with Crippen LogP contribution in [0.5, 0.6) is 0 Å². The van der Waals surface area contributed by atoms with Crippen molar-refractivity contribution in [3.05, 3.63) is 47.6 Å². The summed E-state index contributed by atoms with van der Waals surface area (Å²) in [6.07, 6.45) is 18.7. The molecule has 0 saturated carbocycles. The molecule has 0 radical (unpaired) electrons. The minimum absolute atomic E-state index is 0.437. The molecule has 0 bridgehead atoms. The van der Waals surface area contributed by atoms with Gasteiger partial charge in [-0.1, -0.05) is 0 Å². The van der Waals surface area contributed by atoms with Gasteiger partial charge < -0.3 is 0 Å². The predicted octanol–water partition coefficient (Wildman–Crippen LogP) is 4.00. The van der Waals surface area contributed by atoms with Crippen LogP contribution < -0.4 is 0 Å². The standard InChI is InChI=1S/C14H17.Zr.H/c1-2-7-14(12-8-3-4-9-12)13-10-5-6-11-13;;/h3-6,8,10H,2,7,9,11H2,1H3;;. The molecule has 0 saturated heterocycles. The molecule has 2 aliphatic carbocycles. The summed E-state index contributed by atoms with van der Waals surface area (Å²) in [6, 6.07) is 0. The Morgan fingerprint density at radius 3 is 2.00 bits per heavy atom. The van der Waals surface area contributed by atoms with E-state index in [0.717, 1.165) is 0 Å². The van der Waals surface area contributed by atoms with Crippen molar-refractivity contribution in [3.63, 3.8) is 0 Å². The Hall–Kier alpha value is -0.157. The van der Waals surface area contributed by atoms with Crippen molar-refractivity contribution >= 4 is 0 Å². The summed E-state index contributed by atoms with van der Waals surface area (Å²) < 4.78 is 0.437. The van der Waals surface area contributed by atoms with E-state index in [4.69, 9.17) is 0 Å². The Labute approximate surface area is 108 Å². The van der Waals surface area contributed by atoms with Gasteiger partial charge in [-0.05, 0) is 0 Å². The van der Waals surface area contributed by atoms with Gasteiger partial charge in [-0.25, -0.2) is 0 Å². The summed E-state index contributed by atoms with van der Waals surface area (Å²) >= 11 is 1.32. The van der Waals surface area contributed by atoms with E-state index in [2.05, 4.69) is 43.4 Å². The van der Waals surface area contributed by atoms with Crippen LogP contribution in [-0.2, 0) is 24.7 Å². The number of hydrogen-bond donors (Lipinski definition) is 0. The van der Waals surface area contributed by atoms with Crippen LogP contribution in [0.1, 0.15) is 32.6 Å². The maximum absolute atomic E-state index is 2.35. The van der Waals surface area contributed by atoms with Crippen molar-refractivity contribution in [1.29, 1.82) is 0 Å². The normalized spacial score (nSPS) is 19.5. The fourth-order valence-corrected chi connectivity index (χ4v) is 4.24. The van der Waals surface area contributed by atoms with E-state index in [1.54, 1.807) is 11.1 Å². The fourth-order valence-electron chi connectivity index (χ4n) is 2.48. The molecule has 0 aromatic heterocycles. The number of hydrogen-bond acceptors (Lipinski definition) is 0. The molecule has 2 rings (SSSR count). The van der Waals surface area contributed by atoms with Gasteiger partial charge in [0.25, 0.3) is 0 Å². The SMILES string of the molecule is CCC[C]([ZrH])(C1=CC=CC1)C1=CC=CC1. The molecule has 15 heavy (non-hydrogen) atoms. The molecule has 0 aromatic rings. The maximum atomic E-state index is 2.35. The number of allylic oxidation sites excluding steroid dienone is 8. The molecule has 0 amide bonds. The molecule has 0 N–H and O–H groups in total. The molecule has 0 aromatic carbocycles. The first kappa shape index (κ1) is 11.3. The Balaban J connectivity index is 2.23. The minimum atomic E-state index is 0.437. The molecule has 0 nitrogen and oxygen atoms in total. The fraction of sp³-hybridized carbons (Fsp3) is 0.429. The Morgan fingerprint density at radius 2 is 1.67 bits per heavy atom. The average Bonchev–Trinajstić information content (AvgIpc) is 2.92. The molecule has 0 heterocycles. The van der Waals surface area contributed by atoms with Gasteiger partial charge in [-0.2, -0.15) is 0 Å². The van der Waals surface area contributed by atoms with Gasteiger partial charge in [0, 0.05) is 0 Å². The van der Waals surface area contributed by atoms with Crippen LogP contribution in [-0.4, -0.2) is 0 Å². The number of rotatable bonds is 4. The summed E-state index contributed by atoms with van der Waals surface area (Å²) in [4.78, 5) is 0. The van der Waals surface area contributed by atoms with Crippen LogP contribution in [0.15, 0.2) is 47.6 Å². The van der Waals surface area contributed by atoms with E-state index in [9.17, 15) is 0 Å². The van der Waals surface area contributed by atoms with E-state index in [0.29, 0.717) is 3.12 Å². The first-order valence-electron chi connectivity index (χ1n) is 5.78. The monoisotopic (exact) mass is 276 g/mol. The summed E-state index contributed by atoms with van der Waals surface area (Å²) in [6.45, 7) is 2.30. The van der Waals surface area contributed by atoms with Gasteiger partial charge in [0.05, 0.1) is 0 Å². The zero-order valence-corrected chi connectivity index (χ0v) is 12.2. The molecule has 2 aliphatic rings. The van der Waals surface area contributed by atoms with Crippen molar-refractivity contribution in [1.82, 2.24) is 0 Å². The van der Waals surface area contributed by atoms with Crippen LogP contribution >= 0.6 is 0 Å². The van der Waals surface area contributed by atoms with E-state index in [1.165, 1.54) is 50.4 Å². The first-order chi connectivity index (χ1) is 7.27. The summed E-state index contributed by atoms with van der Waals surface area (Å²) in [5.41, 5.74) is 3.31. The van der Waals surface area contributed by atoms with Crippen molar-refractivity contribution < 1.29 is 24.7 Å². The van der Waals surface area contributed by atoms with Crippen LogP contribution in [0.4, 0.5) is 0 Å². The second kappa shape index (κ2) is 4.79. The molecule has 0 atom stereocenters. The third-order valence-electron chi connectivity index (χ3n) is 3.33. The van der Waals surface area contributed by atoms with E-state index in [1.807, 2.05) is 0 Å². The Kier molecular flexibility index (Phi) is 3.62. The molecular formula is C14H18Zr. The quantitative estimate of drug-likeness (QED) is 0.729. The Bertz CT molecular complexity index is 326. The van der Waals surface area contributed by atoms with Gasteiger partial charge in [-0.15, -0.1) is 0 Å². The molecule has 0 spiro atoms. The van der Waals surface area contributed by atoms with Gasteiger partial charge in [0.1, 0.15) is 0 Å². The van der Waals surface area contributed by atoms with Gasteiger partial charge in [0.2, 0.25) is 0 Å². The Morgan fingerprint density at radius 1 is 1.13 bits per heavy atom. The predicted molar refractivity (Wildman–Crippen MR) is 62.7 cm³/mol. The third-order valence-corrected chi connectivity index (χ3v) is 5.87. The second-order valence-electron chi connectivity index (χ2n) is 4.37. The first-order valence-corrected chi connectivity index (χ1v) is 7.20. The summed E-state index contributed by atoms with van der Waals surface area (Å²) in [5.74, 6) is 0. The van der Waals surface area contributed by atoms with Crippen molar-refractivity contribution in [2.45, 2.75) is 35.7 Å². The van der Waals surface area contributed by atoms with Gasteiger partial charge >= 0.3 is 108 Å². The third kappa shape index (κ3) is 2.18. The van der Waals surface area contributed by atoms with Crippen molar-refractivity contribution in [2.75, 3.05) is 0 Å². The molecule has 0 unspecified atom stereocenters.